The molecule has 2 rings (SSSR count). The van der Waals surface area contributed by atoms with Crippen LogP contribution in [-0.4, -0.2) is 21.0 Å². The zero-order valence-electron chi connectivity index (χ0n) is 8.76. The Bertz CT molecular complexity index is 591. The van der Waals surface area contributed by atoms with Gasteiger partial charge >= 0.3 is 5.97 Å². The van der Waals surface area contributed by atoms with Crippen molar-refractivity contribution in [1.82, 2.24) is 9.97 Å². The molecule has 0 saturated carbocycles. The number of pyridine rings is 1. The molecule has 0 aliphatic rings. The van der Waals surface area contributed by atoms with Crippen LogP contribution in [0.2, 0.25) is 5.02 Å². The Morgan fingerprint density at radius 1 is 1.61 bits per heavy atom. The molecule has 2 heterocycles. The maximum absolute atomic E-state index is 10.6. The van der Waals surface area contributed by atoms with Crippen molar-refractivity contribution in [3.63, 3.8) is 0 Å². The number of carboxylic acid groups (broad SMARTS) is 1. The molecule has 0 unspecified atom stereocenters. The van der Waals surface area contributed by atoms with E-state index in [-0.39, 0.29) is 6.42 Å². The molecule has 94 valence electrons. The molecule has 0 fully saturated rings. The standard InChI is InChI=1S/C10H6BrClN2O2S2/c11-7-1-5(12)3-13-9(7)18-10-14-6(4-17-10)2-8(15)16/h1,3-4H,2H2,(H,15,16). The largest absolute Gasteiger partial charge is 0.481 e. The van der Waals surface area contributed by atoms with Gasteiger partial charge in [-0.1, -0.05) is 11.6 Å². The van der Waals surface area contributed by atoms with Crippen molar-refractivity contribution in [1.29, 1.82) is 0 Å². The third kappa shape index (κ3) is 3.68. The summed E-state index contributed by atoms with van der Waals surface area (Å²) in [4.78, 5) is 18.9. The number of nitrogens with zero attached hydrogens (tertiary/aromatic N) is 2. The third-order valence-electron chi connectivity index (χ3n) is 1.82. The molecule has 0 spiro atoms. The predicted octanol–water partition coefficient (Wildman–Crippen LogP) is 3.73. The first-order valence-electron chi connectivity index (χ1n) is 4.69. The zero-order valence-corrected chi connectivity index (χ0v) is 12.7. The summed E-state index contributed by atoms with van der Waals surface area (Å²) in [6.45, 7) is 0. The minimum absolute atomic E-state index is 0.0632. The molecule has 0 amide bonds. The highest BCUT2D eigenvalue weighted by atomic mass is 79.9. The smallest absolute Gasteiger partial charge is 0.309 e. The topological polar surface area (TPSA) is 63.1 Å². The van der Waals surface area contributed by atoms with Crippen LogP contribution in [-0.2, 0) is 11.2 Å². The molecule has 4 nitrogen and oxygen atoms in total. The Kier molecular flexibility index (Phi) is 4.60. The first-order chi connectivity index (χ1) is 8.54. The van der Waals surface area contributed by atoms with Gasteiger partial charge in [0, 0.05) is 11.6 Å². The first-order valence-corrected chi connectivity index (χ1v) is 7.56. The number of rotatable bonds is 4. The molecular formula is C10H6BrClN2O2S2. The van der Waals surface area contributed by atoms with E-state index >= 15 is 0 Å². The van der Waals surface area contributed by atoms with Crippen molar-refractivity contribution in [3.8, 4) is 0 Å². The molecule has 1 N–H and O–H groups in total. The van der Waals surface area contributed by atoms with E-state index in [4.69, 9.17) is 16.7 Å². The lowest BCUT2D eigenvalue weighted by molar-refractivity contribution is -0.136. The van der Waals surface area contributed by atoms with E-state index in [2.05, 4.69) is 25.9 Å². The molecule has 2 aromatic heterocycles. The van der Waals surface area contributed by atoms with E-state index in [0.29, 0.717) is 10.7 Å². The summed E-state index contributed by atoms with van der Waals surface area (Å²) in [7, 11) is 0. The minimum atomic E-state index is -0.886. The van der Waals surface area contributed by atoms with Gasteiger partial charge in [-0.25, -0.2) is 9.97 Å². The molecule has 18 heavy (non-hydrogen) atoms. The van der Waals surface area contributed by atoms with Gasteiger partial charge in [-0.2, -0.15) is 0 Å². The Labute approximate surface area is 125 Å². The molecule has 2 aromatic rings. The van der Waals surface area contributed by atoms with E-state index in [9.17, 15) is 4.79 Å². The van der Waals surface area contributed by atoms with Gasteiger partial charge in [0.1, 0.15) is 5.03 Å². The number of aromatic nitrogens is 2. The number of aliphatic carboxylic acids is 1. The summed E-state index contributed by atoms with van der Waals surface area (Å²) in [5.74, 6) is -0.886. The van der Waals surface area contributed by atoms with E-state index in [1.54, 1.807) is 17.6 Å². The number of carbonyl (C=O) groups is 1. The SMILES string of the molecule is O=C(O)Cc1csc(Sc2ncc(Cl)cc2Br)n1. The van der Waals surface area contributed by atoms with Gasteiger partial charge in [0.15, 0.2) is 4.34 Å². The van der Waals surface area contributed by atoms with Gasteiger partial charge in [0.25, 0.3) is 0 Å². The first kappa shape index (κ1) is 13.8. The Morgan fingerprint density at radius 2 is 2.39 bits per heavy atom. The second-order valence-electron chi connectivity index (χ2n) is 3.22. The molecule has 0 aliphatic carbocycles. The number of carboxylic acids is 1. The van der Waals surface area contributed by atoms with Crippen molar-refractivity contribution in [2.45, 2.75) is 15.8 Å². The lowest BCUT2D eigenvalue weighted by Gasteiger charge is -2.00. The molecular weight excluding hydrogens is 360 g/mol. The highest BCUT2D eigenvalue weighted by Crippen LogP contribution is 2.34. The Morgan fingerprint density at radius 3 is 3.06 bits per heavy atom. The van der Waals surface area contributed by atoms with Crippen molar-refractivity contribution in [2.24, 2.45) is 0 Å². The Hall–Kier alpha value is -0.630. The van der Waals surface area contributed by atoms with Gasteiger partial charge in [0.2, 0.25) is 0 Å². The lowest BCUT2D eigenvalue weighted by Crippen LogP contribution is -1.99. The number of thiazole rings is 1. The summed E-state index contributed by atoms with van der Waals surface area (Å²) < 4.78 is 1.54. The molecule has 0 atom stereocenters. The fourth-order valence-electron chi connectivity index (χ4n) is 1.13. The fraction of sp³-hybridized carbons (Fsp3) is 0.100. The van der Waals surface area contributed by atoms with E-state index in [1.165, 1.54) is 23.1 Å². The molecule has 0 aliphatic heterocycles. The monoisotopic (exact) mass is 364 g/mol. The maximum atomic E-state index is 10.6. The highest BCUT2D eigenvalue weighted by Gasteiger charge is 2.10. The van der Waals surface area contributed by atoms with Gasteiger partial charge in [-0.3, -0.25) is 4.79 Å². The van der Waals surface area contributed by atoms with Crippen LogP contribution in [0.4, 0.5) is 0 Å². The van der Waals surface area contributed by atoms with Crippen LogP contribution >= 0.6 is 50.6 Å². The summed E-state index contributed by atoms with van der Waals surface area (Å²) in [6.07, 6.45) is 1.49. The van der Waals surface area contributed by atoms with Crippen molar-refractivity contribution >= 4 is 56.6 Å². The fourth-order valence-corrected chi connectivity index (χ4v) is 3.72. The third-order valence-corrected chi connectivity index (χ3v) is 4.90. The molecule has 0 aromatic carbocycles. The summed E-state index contributed by atoms with van der Waals surface area (Å²) in [5, 5.41) is 11.7. The van der Waals surface area contributed by atoms with Crippen LogP contribution in [0.25, 0.3) is 0 Å². The average molecular weight is 366 g/mol. The second kappa shape index (κ2) is 6.01. The normalized spacial score (nSPS) is 10.6. The average Bonchev–Trinajstić information content (AvgIpc) is 2.69. The van der Waals surface area contributed by atoms with Crippen LogP contribution in [0, 0.1) is 0 Å². The quantitative estimate of drug-likeness (QED) is 0.894. The van der Waals surface area contributed by atoms with Gasteiger partial charge in [0.05, 0.1) is 21.6 Å². The Balaban J connectivity index is 2.13. The maximum Gasteiger partial charge on any atom is 0.309 e. The van der Waals surface area contributed by atoms with Crippen molar-refractivity contribution in [3.05, 3.63) is 32.8 Å². The molecule has 0 radical (unpaired) electrons. The van der Waals surface area contributed by atoms with Crippen molar-refractivity contribution in [2.75, 3.05) is 0 Å². The summed E-state index contributed by atoms with van der Waals surface area (Å²) >= 11 is 11.9. The van der Waals surface area contributed by atoms with Crippen molar-refractivity contribution < 1.29 is 9.90 Å². The van der Waals surface area contributed by atoms with E-state index in [0.717, 1.165) is 13.8 Å². The van der Waals surface area contributed by atoms with Crippen LogP contribution in [0.15, 0.2) is 31.5 Å². The minimum Gasteiger partial charge on any atom is -0.481 e. The van der Waals surface area contributed by atoms with Gasteiger partial charge in [-0.15, -0.1) is 11.3 Å². The van der Waals surface area contributed by atoms with Crippen LogP contribution in [0.3, 0.4) is 0 Å². The summed E-state index contributed by atoms with van der Waals surface area (Å²) in [6, 6.07) is 1.75. The number of hydrogen-bond donors (Lipinski definition) is 1. The van der Waals surface area contributed by atoms with Gasteiger partial charge in [-0.05, 0) is 33.8 Å². The van der Waals surface area contributed by atoms with Crippen LogP contribution < -0.4 is 0 Å². The van der Waals surface area contributed by atoms with Crippen LogP contribution in [0.1, 0.15) is 5.69 Å². The molecule has 0 saturated heterocycles. The highest BCUT2D eigenvalue weighted by molar-refractivity contribution is 9.10. The molecule has 8 heteroatoms. The predicted molar refractivity (Wildman–Crippen MR) is 74.5 cm³/mol. The van der Waals surface area contributed by atoms with Gasteiger partial charge < -0.3 is 5.11 Å². The second-order valence-corrected chi connectivity index (χ2v) is 6.60. The molecule has 0 bridgehead atoms. The number of halogens is 2. The number of hydrogen-bond acceptors (Lipinski definition) is 5. The zero-order chi connectivity index (χ0) is 13.1. The summed E-state index contributed by atoms with van der Waals surface area (Å²) in [5.41, 5.74) is 0.556. The van der Waals surface area contributed by atoms with Crippen LogP contribution in [0.5, 0.6) is 0 Å². The van der Waals surface area contributed by atoms with E-state index in [1.807, 2.05) is 0 Å². The lowest BCUT2D eigenvalue weighted by atomic mass is 10.3. The van der Waals surface area contributed by atoms with E-state index < -0.39 is 5.97 Å².